The molecule has 0 aliphatic carbocycles. The fourth-order valence-electron chi connectivity index (χ4n) is 1.35. The van der Waals surface area contributed by atoms with E-state index in [0.717, 1.165) is 0 Å². The number of esters is 1. The topological polar surface area (TPSA) is 55.8 Å². The van der Waals surface area contributed by atoms with Crippen LogP contribution < -0.4 is 0 Å². The summed E-state index contributed by atoms with van der Waals surface area (Å²) in [6, 6.07) is 0. The molecular formula is C13H20O4Si. The van der Waals surface area contributed by atoms with E-state index < -0.39 is 20.3 Å². The van der Waals surface area contributed by atoms with Gasteiger partial charge in [-0.2, -0.15) is 0 Å². The Bertz CT molecular complexity index is 386. The van der Waals surface area contributed by atoms with Gasteiger partial charge in [0.2, 0.25) is 0 Å². The average molecular weight is 268 g/mol. The highest BCUT2D eigenvalue weighted by atomic mass is 28.3. The van der Waals surface area contributed by atoms with Crippen molar-refractivity contribution in [2.45, 2.75) is 44.9 Å². The van der Waals surface area contributed by atoms with Gasteiger partial charge in [-0.3, -0.25) is 4.79 Å². The summed E-state index contributed by atoms with van der Waals surface area (Å²) >= 11 is 0. The average Bonchev–Trinajstić information content (AvgIpc) is 2.25. The Morgan fingerprint density at radius 2 is 2.11 bits per heavy atom. The molecule has 3 atom stereocenters. The summed E-state index contributed by atoms with van der Waals surface area (Å²) in [5.41, 5.74) is 3.17. The van der Waals surface area contributed by atoms with Crippen LogP contribution in [-0.4, -0.2) is 44.1 Å². The van der Waals surface area contributed by atoms with E-state index in [0.29, 0.717) is 0 Å². The predicted molar refractivity (Wildman–Crippen MR) is 71.6 cm³/mol. The zero-order chi connectivity index (χ0) is 13.8. The summed E-state index contributed by atoms with van der Waals surface area (Å²) in [7, 11) is -1.49. The van der Waals surface area contributed by atoms with Gasteiger partial charge in [0.05, 0.1) is 0 Å². The lowest BCUT2D eigenvalue weighted by Gasteiger charge is -2.26. The van der Waals surface area contributed by atoms with Gasteiger partial charge < -0.3 is 14.6 Å². The standard InChI is InChI=1S/C13H20O4Si/c1-10(14)16-9-11-5-6-12(15)13(17-11)7-8-18(2,3)4/h5-6,11-13,15H,9H2,1-4H3/t11-,12+,13+/m0/s1. The molecule has 1 rings (SSSR count). The van der Waals surface area contributed by atoms with Crippen molar-refractivity contribution in [2.75, 3.05) is 6.61 Å². The second-order valence-corrected chi connectivity index (χ2v) is 10.0. The van der Waals surface area contributed by atoms with E-state index in [2.05, 4.69) is 31.1 Å². The molecule has 0 unspecified atom stereocenters. The van der Waals surface area contributed by atoms with Crippen LogP contribution in [0.2, 0.25) is 19.6 Å². The lowest BCUT2D eigenvalue weighted by molar-refractivity contribution is -0.145. The predicted octanol–water partition coefficient (Wildman–Crippen LogP) is 1.11. The third kappa shape index (κ3) is 5.49. The highest BCUT2D eigenvalue weighted by Crippen LogP contribution is 2.13. The molecule has 0 spiro atoms. The van der Waals surface area contributed by atoms with Crippen molar-refractivity contribution in [1.82, 2.24) is 0 Å². The molecule has 5 heteroatoms. The van der Waals surface area contributed by atoms with E-state index in [9.17, 15) is 9.90 Å². The number of aliphatic hydroxyl groups excluding tert-OH is 1. The lowest BCUT2D eigenvalue weighted by Crippen LogP contribution is -2.37. The Morgan fingerprint density at radius 1 is 1.44 bits per heavy atom. The highest BCUT2D eigenvalue weighted by Gasteiger charge is 2.25. The number of ether oxygens (including phenoxy) is 2. The summed E-state index contributed by atoms with van der Waals surface area (Å²) in [5.74, 6) is 2.63. The molecule has 0 aromatic carbocycles. The molecular weight excluding hydrogens is 248 g/mol. The van der Waals surface area contributed by atoms with Crippen LogP contribution >= 0.6 is 0 Å². The second kappa shape index (κ2) is 6.18. The minimum Gasteiger partial charge on any atom is -0.463 e. The van der Waals surface area contributed by atoms with Crippen LogP contribution in [0.4, 0.5) is 0 Å². The maximum absolute atomic E-state index is 10.7. The van der Waals surface area contributed by atoms with Crippen molar-refractivity contribution in [2.24, 2.45) is 0 Å². The van der Waals surface area contributed by atoms with E-state index >= 15 is 0 Å². The maximum Gasteiger partial charge on any atom is 0.302 e. The minimum absolute atomic E-state index is 0.156. The fourth-order valence-corrected chi connectivity index (χ4v) is 1.93. The van der Waals surface area contributed by atoms with Crippen LogP contribution in [0, 0.1) is 11.5 Å². The van der Waals surface area contributed by atoms with Crippen LogP contribution in [-0.2, 0) is 14.3 Å². The molecule has 1 N–H and O–H groups in total. The van der Waals surface area contributed by atoms with Gasteiger partial charge in [-0.15, -0.1) is 5.54 Å². The molecule has 0 amide bonds. The van der Waals surface area contributed by atoms with Crippen LogP contribution in [0.5, 0.6) is 0 Å². The number of carbonyl (C=O) groups is 1. The van der Waals surface area contributed by atoms with Crippen molar-refractivity contribution in [1.29, 1.82) is 0 Å². The molecule has 4 nitrogen and oxygen atoms in total. The van der Waals surface area contributed by atoms with Crippen molar-refractivity contribution >= 4 is 14.0 Å². The molecule has 1 heterocycles. The maximum atomic E-state index is 10.7. The van der Waals surface area contributed by atoms with E-state index in [1.807, 2.05) is 0 Å². The second-order valence-electron chi connectivity index (χ2n) is 5.29. The molecule has 0 bridgehead atoms. The summed E-state index contributed by atoms with van der Waals surface area (Å²) in [6.07, 6.45) is 1.74. The SMILES string of the molecule is CC(=O)OC[C@@H]1C=C[C@@H](O)[C@@H](C#C[Si](C)(C)C)O1. The molecule has 0 radical (unpaired) electrons. The zero-order valence-corrected chi connectivity index (χ0v) is 12.3. The zero-order valence-electron chi connectivity index (χ0n) is 11.3. The van der Waals surface area contributed by atoms with E-state index in [4.69, 9.17) is 9.47 Å². The van der Waals surface area contributed by atoms with Gasteiger partial charge in [0.1, 0.15) is 33.0 Å². The number of aliphatic hydroxyl groups is 1. The molecule has 0 aromatic rings. The molecule has 1 aliphatic rings. The monoisotopic (exact) mass is 268 g/mol. The summed E-state index contributed by atoms with van der Waals surface area (Å²) in [5, 5.41) is 9.75. The number of carbonyl (C=O) groups excluding carboxylic acids is 1. The summed E-state index contributed by atoms with van der Waals surface area (Å²) < 4.78 is 10.5. The molecule has 0 saturated heterocycles. The summed E-state index contributed by atoms with van der Waals surface area (Å²) in [6.45, 7) is 7.89. The quantitative estimate of drug-likeness (QED) is 0.353. The van der Waals surface area contributed by atoms with Gasteiger partial charge in [-0.1, -0.05) is 37.7 Å². The first-order chi connectivity index (χ1) is 8.28. The van der Waals surface area contributed by atoms with Crippen molar-refractivity contribution < 1.29 is 19.4 Å². The Hall–Kier alpha value is -1.09. The Kier molecular flexibility index (Phi) is 5.14. The third-order valence-corrected chi connectivity index (χ3v) is 3.09. The summed E-state index contributed by atoms with van der Waals surface area (Å²) in [4.78, 5) is 10.7. The van der Waals surface area contributed by atoms with Crippen LogP contribution in [0.1, 0.15) is 6.92 Å². The van der Waals surface area contributed by atoms with Crippen molar-refractivity contribution in [3.8, 4) is 11.5 Å². The highest BCUT2D eigenvalue weighted by molar-refractivity contribution is 6.83. The van der Waals surface area contributed by atoms with Gasteiger partial charge in [0, 0.05) is 6.92 Å². The number of hydrogen-bond acceptors (Lipinski definition) is 4. The first-order valence-corrected chi connectivity index (χ1v) is 9.46. The third-order valence-electron chi connectivity index (χ3n) is 2.19. The van der Waals surface area contributed by atoms with Gasteiger partial charge in [0.25, 0.3) is 0 Å². The van der Waals surface area contributed by atoms with Crippen molar-refractivity contribution in [3.05, 3.63) is 12.2 Å². The molecule has 18 heavy (non-hydrogen) atoms. The Balaban J connectivity index is 2.62. The molecule has 1 aliphatic heterocycles. The fraction of sp³-hybridized carbons (Fsp3) is 0.615. The van der Waals surface area contributed by atoms with Crippen LogP contribution in [0.3, 0.4) is 0 Å². The lowest BCUT2D eigenvalue weighted by atomic mass is 10.1. The van der Waals surface area contributed by atoms with E-state index in [-0.39, 0.29) is 18.7 Å². The van der Waals surface area contributed by atoms with E-state index in [1.54, 1.807) is 12.2 Å². The van der Waals surface area contributed by atoms with E-state index in [1.165, 1.54) is 6.92 Å². The molecule has 100 valence electrons. The van der Waals surface area contributed by atoms with Gasteiger partial charge in [0.15, 0.2) is 0 Å². The largest absolute Gasteiger partial charge is 0.463 e. The normalized spacial score (nSPS) is 27.3. The van der Waals surface area contributed by atoms with Gasteiger partial charge in [-0.25, -0.2) is 0 Å². The Morgan fingerprint density at radius 3 is 2.67 bits per heavy atom. The minimum atomic E-state index is -1.49. The number of rotatable bonds is 2. The molecule has 0 saturated carbocycles. The van der Waals surface area contributed by atoms with Gasteiger partial charge in [-0.05, 0) is 0 Å². The first kappa shape index (κ1) is 15.0. The van der Waals surface area contributed by atoms with Crippen LogP contribution in [0.25, 0.3) is 0 Å². The molecule has 0 aromatic heterocycles. The van der Waals surface area contributed by atoms with Crippen LogP contribution in [0.15, 0.2) is 12.2 Å². The number of hydrogen-bond donors (Lipinski definition) is 1. The van der Waals surface area contributed by atoms with Crippen molar-refractivity contribution in [3.63, 3.8) is 0 Å². The smallest absolute Gasteiger partial charge is 0.302 e. The first-order valence-electron chi connectivity index (χ1n) is 5.96. The Labute approximate surface area is 109 Å². The van der Waals surface area contributed by atoms with Gasteiger partial charge >= 0.3 is 5.97 Å². The molecule has 0 fully saturated rings.